The van der Waals surface area contributed by atoms with Crippen LogP contribution in [0.15, 0.2) is 12.3 Å². The van der Waals surface area contributed by atoms with Crippen LogP contribution in [0.2, 0.25) is 0 Å². The summed E-state index contributed by atoms with van der Waals surface area (Å²) in [4.78, 5) is 6.63. The minimum atomic E-state index is 0.769. The lowest BCUT2D eigenvalue weighted by atomic mass is 9.97. The second-order valence-corrected chi connectivity index (χ2v) is 5.57. The quantitative estimate of drug-likeness (QED) is 0.860. The van der Waals surface area contributed by atoms with E-state index in [9.17, 15) is 0 Å². The van der Waals surface area contributed by atoms with Gasteiger partial charge in [0.15, 0.2) is 5.82 Å². The van der Waals surface area contributed by atoms with Crippen molar-refractivity contribution in [1.82, 2.24) is 4.98 Å². The molecule has 1 aliphatic heterocycles. The van der Waals surface area contributed by atoms with Crippen molar-refractivity contribution in [2.75, 3.05) is 36.1 Å². The highest BCUT2D eigenvalue weighted by atomic mass is 15.2. The molecule has 100 valence electrons. The minimum Gasteiger partial charge on any atom is -0.394 e. The minimum absolute atomic E-state index is 0.769. The van der Waals surface area contributed by atoms with Crippen LogP contribution < -0.4 is 16.0 Å². The third-order valence-electron chi connectivity index (χ3n) is 3.64. The van der Waals surface area contributed by atoms with Gasteiger partial charge in [-0.05, 0) is 30.7 Å². The van der Waals surface area contributed by atoms with Crippen LogP contribution in [0.1, 0.15) is 26.7 Å². The number of aromatic nitrogens is 1. The third kappa shape index (κ3) is 2.68. The van der Waals surface area contributed by atoms with Crippen molar-refractivity contribution in [2.24, 2.45) is 11.8 Å². The molecule has 1 aromatic rings. The molecule has 4 heteroatoms. The summed E-state index contributed by atoms with van der Waals surface area (Å²) in [5, 5.41) is 3.04. The molecule has 2 rings (SSSR count). The second-order valence-electron chi connectivity index (χ2n) is 5.57. The van der Waals surface area contributed by atoms with Gasteiger partial charge in [-0.1, -0.05) is 13.8 Å². The molecule has 3 N–H and O–H groups in total. The molecule has 1 aliphatic rings. The molecule has 0 aromatic carbocycles. The Morgan fingerprint density at radius 3 is 3.00 bits per heavy atom. The standard InChI is InChI=1S/C14H24N4/c1-10(2)8-11-5-7-18(9-11)12-4-6-17-14(16-3)13(12)15/h4,6,10-11H,5,7-9,15H2,1-3H3,(H,16,17). The first kappa shape index (κ1) is 13.0. The van der Waals surface area contributed by atoms with Crippen LogP contribution in [0, 0.1) is 11.8 Å². The lowest BCUT2D eigenvalue weighted by Crippen LogP contribution is -2.21. The molecule has 0 spiro atoms. The normalized spacial score (nSPS) is 19.6. The van der Waals surface area contributed by atoms with Gasteiger partial charge in [-0.3, -0.25) is 0 Å². The molecular formula is C14H24N4. The zero-order valence-electron chi connectivity index (χ0n) is 11.6. The first-order chi connectivity index (χ1) is 8.61. The summed E-state index contributed by atoms with van der Waals surface area (Å²) >= 11 is 0. The van der Waals surface area contributed by atoms with E-state index in [0.29, 0.717) is 0 Å². The number of nitrogen functional groups attached to an aromatic ring is 1. The van der Waals surface area contributed by atoms with Crippen LogP contribution >= 0.6 is 0 Å². The van der Waals surface area contributed by atoms with Gasteiger partial charge < -0.3 is 16.0 Å². The van der Waals surface area contributed by atoms with Gasteiger partial charge in [0.1, 0.15) is 0 Å². The Balaban J connectivity index is 2.09. The smallest absolute Gasteiger partial charge is 0.151 e. The summed E-state index contributed by atoms with van der Waals surface area (Å²) in [5.41, 5.74) is 8.05. The van der Waals surface area contributed by atoms with Crippen molar-refractivity contribution < 1.29 is 0 Å². The SMILES string of the molecule is CNc1nccc(N2CCC(CC(C)C)C2)c1N. The molecule has 4 nitrogen and oxygen atoms in total. The zero-order valence-corrected chi connectivity index (χ0v) is 11.6. The average molecular weight is 248 g/mol. The van der Waals surface area contributed by atoms with E-state index in [2.05, 4.69) is 29.0 Å². The van der Waals surface area contributed by atoms with Gasteiger partial charge in [0.2, 0.25) is 0 Å². The molecular weight excluding hydrogens is 224 g/mol. The Labute approximate surface area is 110 Å². The van der Waals surface area contributed by atoms with Gasteiger partial charge in [-0.15, -0.1) is 0 Å². The highest BCUT2D eigenvalue weighted by Gasteiger charge is 2.25. The summed E-state index contributed by atoms with van der Waals surface area (Å²) in [6.07, 6.45) is 4.41. The fourth-order valence-corrected chi connectivity index (χ4v) is 2.85. The van der Waals surface area contributed by atoms with E-state index >= 15 is 0 Å². The van der Waals surface area contributed by atoms with Crippen LogP contribution in [0.3, 0.4) is 0 Å². The monoisotopic (exact) mass is 248 g/mol. The Morgan fingerprint density at radius 2 is 2.33 bits per heavy atom. The van der Waals surface area contributed by atoms with Gasteiger partial charge in [0.05, 0.1) is 11.4 Å². The van der Waals surface area contributed by atoms with Crippen molar-refractivity contribution in [1.29, 1.82) is 0 Å². The van der Waals surface area contributed by atoms with Gasteiger partial charge in [-0.2, -0.15) is 0 Å². The number of nitrogens with two attached hydrogens (primary N) is 1. The maximum Gasteiger partial charge on any atom is 0.151 e. The number of pyridine rings is 1. The Bertz CT molecular complexity index is 403. The molecule has 1 fully saturated rings. The number of rotatable bonds is 4. The number of nitrogens with one attached hydrogen (secondary N) is 1. The van der Waals surface area contributed by atoms with Crippen LogP contribution in [0.25, 0.3) is 0 Å². The highest BCUT2D eigenvalue weighted by molar-refractivity contribution is 5.78. The largest absolute Gasteiger partial charge is 0.394 e. The number of hydrogen-bond donors (Lipinski definition) is 2. The zero-order chi connectivity index (χ0) is 13.1. The third-order valence-corrected chi connectivity index (χ3v) is 3.64. The van der Waals surface area contributed by atoms with E-state index in [4.69, 9.17) is 5.73 Å². The van der Waals surface area contributed by atoms with Crippen molar-refractivity contribution >= 4 is 17.2 Å². The maximum absolute atomic E-state index is 6.15. The van der Waals surface area contributed by atoms with E-state index in [1.807, 2.05) is 19.3 Å². The fourth-order valence-electron chi connectivity index (χ4n) is 2.85. The Hall–Kier alpha value is -1.45. The highest BCUT2D eigenvalue weighted by Crippen LogP contribution is 2.33. The molecule has 1 saturated heterocycles. The van der Waals surface area contributed by atoms with Crippen LogP contribution in [0.5, 0.6) is 0 Å². The number of anilines is 3. The Kier molecular flexibility index (Phi) is 3.94. The predicted octanol–water partition coefficient (Wildman–Crippen LogP) is 2.58. The van der Waals surface area contributed by atoms with Crippen molar-refractivity contribution in [3.63, 3.8) is 0 Å². The molecule has 2 heterocycles. The molecule has 1 atom stereocenters. The van der Waals surface area contributed by atoms with Crippen LogP contribution in [0.4, 0.5) is 17.2 Å². The van der Waals surface area contributed by atoms with Gasteiger partial charge >= 0.3 is 0 Å². The molecule has 0 bridgehead atoms. The number of hydrogen-bond acceptors (Lipinski definition) is 4. The first-order valence-electron chi connectivity index (χ1n) is 6.79. The van der Waals surface area contributed by atoms with E-state index in [1.54, 1.807) is 0 Å². The summed E-state index contributed by atoms with van der Waals surface area (Å²) in [6.45, 7) is 6.81. The predicted molar refractivity (Wildman–Crippen MR) is 78.0 cm³/mol. The summed E-state index contributed by atoms with van der Waals surface area (Å²) in [6, 6.07) is 2.02. The summed E-state index contributed by atoms with van der Waals surface area (Å²) in [5.74, 6) is 2.35. The first-order valence-corrected chi connectivity index (χ1v) is 6.79. The fraction of sp³-hybridized carbons (Fsp3) is 0.643. The second kappa shape index (κ2) is 5.46. The van der Waals surface area contributed by atoms with E-state index < -0.39 is 0 Å². The topological polar surface area (TPSA) is 54.2 Å². The molecule has 1 unspecified atom stereocenters. The lowest BCUT2D eigenvalue weighted by Gasteiger charge is -2.22. The maximum atomic E-state index is 6.15. The van der Waals surface area contributed by atoms with Crippen molar-refractivity contribution in [3.05, 3.63) is 12.3 Å². The van der Waals surface area contributed by atoms with Crippen LogP contribution in [-0.4, -0.2) is 25.1 Å². The average Bonchev–Trinajstić information content (AvgIpc) is 2.76. The Morgan fingerprint density at radius 1 is 1.56 bits per heavy atom. The lowest BCUT2D eigenvalue weighted by molar-refractivity contribution is 0.441. The van der Waals surface area contributed by atoms with Gasteiger partial charge in [0, 0.05) is 26.3 Å². The van der Waals surface area contributed by atoms with Gasteiger partial charge in [-0.25, -0.2) is 4.98 Å². The van der Waals surface area contributed by atoms with Crippen LogP contribution in [-0.2, 0) is 0 Å². The molecule has 0 aliphatic carbocycles. The van der Waals surface area contributed by atoms with E-state index in [-0.39, 0.29) is 0 Å². The number of nitrogens with zero attached hydrogens (tertiary/aromatic N) is 2. The molecule has 0 saturated carbocycles. The molecule has 0 amide bonds. The molecule has 1 aromatic heterocycles. The van der Waals surface area contributed by atoms with Gasteiger partial charge in [0.25, 0.3) is 0 Å². The van der Waals surface area contributed by atoms with Crippen molar-refractivity contribution in [2.45, 2.75) is 26.7 Å². The van der Waals surface area contributed by atoms with Crippen molar-refractivity contribution in [3.8, 4) is 0 Å². The summed E-state index contributed by atoms with van der Waals surface area (Å²) in [7, 11) is 1.86. The summed E-state index contributed by atoms with van der Waals surface area (Å²) < 4.78 is 0. The van der Waals surface area contributed by atoms with E-state index in [1.165, 1.54) is 12.8 Å². The van der Waals surface area contributed by atoms with E-state index in [0.717, 1.165) is 42.1 Å². The molecule has 0 radical (unpaired) electrons. The molecule has 18 heavy (non-hydrogen) atoms.